The summed E-state index contributed by atoms with van der Waals surface area (Å²) in [5.41, 5.74) is 0. The van der Waals surface area contributed by atoms with Crippen LogP contribution < -0.4 is 0 Å². The predicted molar refractivity (Wildman–Crippen MR) is 28.8 cm³/mol. The normalized spacial score (nSPS) is 18.9. The molecule has 0 aliphatic heterocycles. The zero-order chi connectivity index (χ0) is 5.86. The molecule has 0 fully saturated rings. The van der Waals surface area contributed by atoms with Crippen molar-refractivity contribution in [1.29, 1.82) is 0 Å². The third-order valence-corrected chi connectivity index (χ3v) is 1.03. The molecule has 7 heavy (non-hydrogen) atoms. The van der Waals surface area contributed by atoms with Gasteiger partial charge in [0, 0.05) is 0 Å². The molecule has 0 spiro atoms. The van der Waals surface area contributed by atoms with Crippen LogP contribution in [0.15, 0.2) is 0 Å². The minimum absolute atomic E-state index is 0.398. The minimum atomic E-state index is -1.02. The molecule has 0 heterocycles. The van der Waals surface area contributed by atoms with Gasteiger partial charge in [-0.25, -0.2) is 0 Å². The van der Waals surface area contributed by atoms with Crippen molar-refractivity contribution in [2.24, 2.45) is 0 Å². The Hall–Kier alpha value is 0.310. The first-order chi connectivity index (χ1) is 3.18. The molecule has 44 valence electrons. The van der Waals surface area contributed by atoms with E-state index in [0.717, 1.165) is 0 Å². The molecule has 3 nitrogen and oxygen atoms in total. The molecule has 0 aromatic rings. The van der Waals surface area contributed by atoms with Crippen LogP contribution >= 0.6 is 9.24 Å². The zero-order valence-electron chi connectivity index (χ0n) is 3.78. The number of aliphatic hydroxyl groups is 3. The third-order valence-electron chi connectivity index (χ3n) is 0.581. The standard InChI is InChI=1S/C3H9O3P/c4-1-2(5)3(6)7/h2-6H,1,7H2. The molecule has 0 bridgehead atoms. The second-order valence-electron chi connectivity index (χ2n) is 1.24. The fourth-order valence-corrected chi connectivity index (χ4v) is 0.230. The monoisotopic (exact) mass is 124 g/mol. The maximum atomic E-state index is 8.41. The molecular formula is C3H9O3P. The first-order valence-corrected chi connectivity index (χ1v) is 2.57. The largest absolute Gasteiger partial charge is 0.394 e. The van der Waals surface area contributed by atoms with E-state index in [0.29, 0.717) is 0 Å². The lowest BCUT2D eigenvalue weighted by atomic mass is 10.4. The van der Waals surface area contributed by atoms with Gasteiger partial charge in [0.05, 0.1) is 12.5 Å². The quantitative estimate of drug-likeness (QED) is 0.394. The summed E-state index contributed by atoms with van der Waals surface area (Å²) in [7, 11) is 1.96. The summed E-state index contributed by atoms with van der Waals surface area (Å²) >= 11 is 0. The highest BCUT2D eigenvalue weighted by Gasteiger charge is 2.06. The van der Waals surface area contributed by atoms with Crippen molar-refractivity contribution in [3.63, 3.8) is 0 Å². The smallest absolute Gasteiger partial charge is 0.106 e. The van der Waals surface area contributed by atoms with Crippen LogP contribution in [-0.4, -0.2) is 33.9 Å². The van der Waals surface area contributed by atoms with Gasteiger partial charge < -0.3 is 15.3 Å². The van der Waals surface area contributed by atoms with Crippen molar-refractivity contribution >= 4 is 9.24 Å². The molecule has 0 saturated heterocycles. The molecule has 3 unspecified atom stereocenters. The first-order valence-electron chi connectivity index (χ1n) is 1.91. The highest BCUT2D eigenvalue weighted by atomic mass is 31.0. The van der Waals surface area contributed by atoms with Gasteiger partial charge in [-0.2, -0.15) is 0 Å². The van der Waals surface area contributed by atoms with Gasteiger partial charge in [-0.05, 0) is 0 Å². The van der Waals surface area contributed by atoms with Gasteiger partial charge in [-0.15, -0.1) is 9.24 Å². The molecule has 0 amide bonds. The molecule has 0 aliphatic rings. The molecular weight excluding hydrogens is 115 g/mol. The van der Waals surface area contributed by atoms with Crippen LogP contribution in [0, 0.1) is 0 Å². The van der Waals surface area contributed by atoms with Gasteiger partial charge in [0.15, 0.2) is 0 Å². The molecule has 0 saturated carbocycles. The van der Waals surface area contributed by atoms with Crippen LogP contribution in [0.1, 0.15) is 0 Å². The molecule has 0 rings (SSSR count). The second kappa shape index (κ2) is 3.33. The third kappa shape index (κ3) is 2.94. The summed E-state index contributed by atoms with van der Waals surface area (Å²) in [6.45, 7) is -0.398. The Morgan fingerprint density at radius 1 is 1.43 bits per heavy atom. The van der Waals surface area contributed by atoms with Crippen LogP contribution in [0.5, 0.6) is 0 Å². The number of aliphatic hydroxyl groups excluding tert-OH is 3. The topological polar surface area (TPSA) is 60.7 Å². The van der Waals surface area contributed by atoms with E-state index in [1.54, 1.807) is 0 Å². The van der Waals surface area contributed by atoms with Crippen LogP contribution in [0.25, 0.3) is 0 Å². The van der Waals surface area contributed by atoms with Gasteiger partial charge in [0.2, 0.25) is 0 Å². The maximum absolute atomic E-state index is 8.41. The van der Waals surface area contributed by atoms with Crippen LogP contribution in [0.3, 0.4) is 0 Å². The van der Waals surface area contributed by atoms with Crippen molar-refractivity contribution in [3.05, 3.63) is 0 Å². The fourth-order valence-electron chi connectivity index (χ4n) is 0.108. The molecule has 0 aromatic carbocycles. The molecule has 3 N–H and O–H groups in total. The highest BCUT2D eigenvalue weighted by molar-refractivity contribution is 7.17. The molecule has 0 aliphatic carbocycles. The Bertz CT molecular complexity index is 47.4. The first kappa shape index (κ1) is 7.31. The highest BCUT2D eigenvalue weighted by Crippen LogP contribution is 1.98. The Kier molecular flexibility index (Phi) is 3.48. The average molecular weight is 124 g/mol. The summed E-state index contributed by atoms with van der Waals surface area (Å²) in [5.74, 6) is -0.912. The van der Waals surface area contributed by atoms with E-state index in [1.807, 2.05) is 9.24 Å². The minimum Gasteiger partial charge on any atom is -0.394 e. The lowest BCUT2D eigenvalue weighted by Gasteiger charge is -2.07. The average Bonchev–Trinajstić information content (AvgIpc) is 1.65. The second-order valence-corrected chi connectivity index (χ2v) is 1.92. The van der Waals surface area contributed by atoms with Gasteiger partial charge >= 0.3 is 0 Å². The number of hydrogen-bond donors (Lipinski definition) is 3. The summed E-state index contributed by atoms with van der Waals surface area (Å²) in [6.07, 6.45) is -1.02. The van der Waals surface area contributed by atoms with Gasteiger partial charge in [0.25, 0.3) is 0 Å². The Balaban J connectivity index is 3.14. The Labute approximate surface area is 44.2 Å². The summed E-state index contributed by atoms with van der Waals surface area (Å²) < 4.78 is 0. The summed E-state index contributed by atoms with van der Waals surface area (Å²) in [6, 6.07) is 0. The van der Waals surface area contributed by atoms with E-state index in [1.165, 1.54) is 0 Å². The molecule has 3 atom stereocenters. The lowest BCUT2D eigenvalue weighted by molar-refractivity contribution is 0.0280. The van der Waals surface area contributed by atoms with Crippen LogP contribution in [0.4, 0.5) is 0 Å². The van der Waals surface area contributed by atoms with E-state index in [9.17, 15) is 0 Å². The predicted octanol–water partition coefficient (Wildman–Crippen LogP) is -1.47. The SMILES string of the molecule is OCC(O)C(O)P. The number of rotatable bonds is 2. The zero-order valence-corrected chi connectivity index (χ0v) is 4.94. The van der Waals surface area contributed by atoms with Gasteiger partial charge in [-0.1, -0.05) is 0 Å². The molecule has 0 radical (unpaired) electrons. The van der Waals surface area contributed by atoms with Crippen molar-refractivity contribution in [3.8, 4) is 0 Å². The van der Waals surface area contributed by atoms with E-state index in [2.05, 4.69) is 0 Å². The molecule has 4 heteroatoms. The Morgan fingerprint density at radius 3 is 1.86 bits per heavy atom. The van der Waals surface area contributed by atoms with E-state index >= 15 is 0 Å². The van der Waals surface area contributed by atoms with Gasteiger partial charge in [-0.3, -0.25) is 0 Å². The Morgan fingerprint density at radius 2 is 1.86 bits per heavy atom. The van der Waals surface area contributed by atoms with Crippen LogP contribution in [-0.2, 0) is 0 Å². The van der Waals surface area contributed by atoms with Crippen molar-refractivity contribution in [2.45, 2.75) is 11.9 Å². The maximum Gasteiger partial charge on any atom is 0.106 e. The fraction of sp³-hybridized carbons (Fsp3) is 1.00. The number of hydrogen-bond acceptors (Lipinski definition) is 3. The van der Waals surface area contributed by atoms with E-state index in [4.69, 9.17) is 15.3 Å². The van der Waals surface area contributed by atoms with E-state index < -0.39 is 18.6 Å². The lowest BCUT2D eigenvalue weighted by Crippen LogP contribution is -2.23. The van der Waals surface area contributed by atoms with Crippen molar-refractivity contribution < 1.29 is 15.3 Å². The summed E-state index contributed by atoms with van der Waals surface area (Å²) in [5, 5.41) is 24.9. The van der Waals surface area contributed by atoms with Crippen molar-refractivity contribution in [2.75, 3.05) is 6.61 Å². The van der Waals surface area contributed by atoms with Gasteiger partial charge in [0.1, 0.15) is 6.10 Å². The molecule has 0 aromatic heterocycles. The van der Waals surface area contributed by atoms with Crippen molar-refractivity contribution in [1.82, 2.24) is 0 Å². The van der Waals surface area contributed by atoms with Crippen LogP contribution in [0.2, 0.25) is 0 Å². The van der Waals surface area contributed by atoms with E-state index in [-0.39, 0.29) is 0 Å². The summed E-state index contributed by atoms with van der Waals surface area (Å²) in [4.78, 5) is 0.